The van der Waals surface area contributed by atoms with Gasteiger partial charge in [0.15, 0.2) is 5.13 Å². The second-order valence-corrected chi connectivity index (χ2v) is 6.96. The maximum atomic E-state index is 12.4. The van der Waals surface area contributed by atoms with Gasteiger partial charge < -0.3 is 15.0 Å². The van der Waals surface area contributed by atoms with Crippen molar-refractivity contribution in [3.05, 3.63) is 34.8 Å². The van der Waals surface area contributed by atoms with Crippen LogP contribution in [0.1, 0.15) is 17.0 Å². The molecule has 126 valence electrons. The van der Waals surface area contributed by atoms with Crippen LogP contribution in [0.25, 0.3) is 0 Å². The lowest BCUT2D eigenvalue weighted by Gasteiger charge is -2.17. The van der Waals surface area contributed by atoms with Gasteiger partial charge in [-0.25, -0.2) is 4.98 Å². The first-order valence-electron chi connectivity index (χ1n) is 7.67. The van der Waals surface area contributed by atoms with E-state index in [1.165, 1.54) is 11.3 Å². The van der Waals surface area contributed by atoms with Crippen molar-refractivity contribution in [1.82, 2.24) is 4.98 Å². The number of nitrogens with one attached hydrogen (secondary N) is 1. The maximum Gasteiger partial charge on any atom is 0.231 e. The van der Waals surface area contributed by atoms with Crippen LogP contribution < -0.4 is 15.0 Å². The molecule has 1 aliphatic rings. The molecule has 1 saturated heterocycles. The van der Waals surface area contributed by atoms with Gasteiger partial charge in [-0.3, -0.25) is 9.59 Å². The summed E-state index contributed by atoms with van der Waals surface area (Å²) in [5, 5.41) is 3.41. The van der Waals surface area contributed by atoms with E-state index >= 15 is 0 Å². The molecule has 1 unspecified atom stereocenters. The van der Waals surface area contributed by atoms with Gasteiger partial charge in [0.1, 0.15) is 5.75 Å². The van der Waals surface area contributed by atoms with Crippen LogP contribution in [-0.4, -0.2) is 30.5 Å². The first kappa shape index (κ1) is 16.4. The molecule has 2 amide bonds. The van der Waals surface area contributed by atoms with E-state index in [9.17, 15) is 9.59 Å². The number of nitrogens with zero attached hydrogens (tertiary/aromatic N) is 2. The number of ether oxygens (including phenoxy) is 1. The van der Waals surface area contributed by atoms with Gasteiger partial charge in [0.2, 0.25) is 11.8 Å². The van der Waals surface area contributed by atoms with Gasteiger partial charge in [-0.1, -0.05) is 6.07 Å². The zero-order chi connectivity index (χ0) is 17.3. The van der Waals surface area contributed by atoms with Gasteiger partial charge in [-0.05, 0) is 26.0 Å². The monoisotopic (exact) mass is 345 g/mol. The van der Waals surface area contributed by atoms with Crippen molar-refractivity contribution in [2.45, 2.75) is 20.3 Å². The number of anilines is 2. The van der Waals surface area contributed by atoms with Crippen molar-refractivity contribution >= 4 is 34.0 Å². The topological polar surface area (TPSA) is 71.5 Å². The first-order chi connectivity index (χ1) is 11.5. The summed E-state index contributed by atoms with van der Waals surface area (Å²) in [7, 11) is 1.58. The summed E-state index contributed by atoms with van der Waals surface area (Å²) in [6.45, 7) is 4.23. The number of rotatable bonds is 4. The second kappa shape index (κ2) is 6.60. The highest BCUT2D eigenvalue weighted by molar-refractivity contribution is 7.15. The predicted octanol–water partition coefficient (Wildman–Crippen LogP) is 2.76. The number of benzene rings is 1. The van der Waals surface area contributed by atoms with Crippen LogP contribution in [0.4, 0.5) is 10.8 Å². The third-order valence-electron chi connectivity index (χ3n) is 4.12. The molecule has 0 aliphatic carbocycles. The van der Waals surface area contributed by atoms with Crippen LogP contribution in [-0.2, 0) is 9.59 Å². The molecule has 1 aromatic heterocycles. The van der Waals surface area contributed by atoms with Crippen LogP contribution in [0.5, 0.6) is 5.75 Å². The average Bonchev–Trinajstić information content (AvgIpc) is 3.10. The lowest BCUT2D eigenvalue weighted by molar-refractivity contribution is -0.122. The van der Waals surface area contributed by atoms with Crippen LogP contribution in [0.15, 0.2) is 24.3 Å². The van der Waals surface area contributed by atoms with Gasteiger partial charge in [0, 0.05) is 29.6 Å². The zero-order valence-corrected chi connectivity index (χ0v) is 14.6. The van der Waals surface area contributed by atoms with E-state index < -0.39 is 0 Å². The Hall–Kier alpha value is -2.41. The van der Waals surface area contributed by atoms with Gasteiger partial charge in [-0.15, -0.1) is 11.3 Å². The zero-order valence-electron chi connectivity index (χ0n) is 13.8. The molecule has 0 bridgehead atoms. The number of carbonyl (C=O) groups is 2. The largest absolute Gasteiger partial charge is 0.497 e. The van der Waals surface area contributed by atoms with E-state index in [-0.39, 0.29) is 24.2 Å². The molecule has 2 aromatic rings. The number of aromatic nitrogens is 1. The minimum atomic E-state index is -0.381. The molecule has 6 nitrogen and oxygen atoms in total. The van der Waals surface area contributed by atoms with Crippen LogP contribution in [0.2, 0.25) is 0 Å². The van der Waals surface area contributed by atoms with Crippen molar-refractivity contribution in [3.63, 3.8) is 0 Å². The molecule has 24 heavy (non-hydrogen) atoms. The number of thiazole rings is 1. The lowest BCUT2D eigenvalue weighted by Crippen LogP contribution is -2.28. The molecule has 1 atom stereocenters. The lowest BCUT2D eigenvalue weighted by atomic mass is 10.1. The number of hydrogen-bond acceptors (Lipinski definition) is 5. The Bertz CT molecular complexity index is 768. The smallest absolute Gasteiger partial charge is 0.231 e. The molecular formula is C17H19N3O3S. The summed E-state index contributed by atoms with van der Waals surface area (Å²) in [5.41, 5.74) is 1.66. The fraction of sp³-hybridized carbons (Fsp3) is 0.353. The van der Waals surface area contributed by atoms with Crippen LogP contribution >= 0.6 is 11.3 Å². The normalized spacial score (nSPS) is 17.2. The SMILES string of the molecule is COc1cccc(N2CC(C(=O)Nc3nc(C)c(C)s3)CC2=O)c1. The van der Waals surface area contributed by atoms with Crippen LogP contribution in [0, 0.1) is 19.8 Å². The number of hydrogen-bond donors (Lipinski definition) is 1. The molecule has 1 N–H and O–H groups in total. The van der Waals surface area contributed by atoms with E-state index in [4.69, 9.17) is 4.74 Å². The molecular weight excluding hydrogens is 326 g/mol. The van der Waals surface area contributed by atoms with Gasteiger partial charge in [0.05, 0.1) is 18.7 Å². The highest BCUT2D eigenvalue weighted by atomic mass is 32.1. The third kappa shape index (κ3) is 3.26. The molecule has 3 rings (SSSR count). The van der Waals surface area contributed by atoms with E-state index in [1.54, 1.807) is 18.1 Å². The summed E-state index contributed by atoms with van der Waals surface area (Å²) < 4.78 is 5.19. The Labute approximate surface area is 144 Å². The third-order valence-corrected chi connectivity index (χ3v) is 5.11. The van der Waals surface area contributed by atoms with Crippen molar-refractivity contribution in [1.29, 1.82) is 0 Å². The van der Waals surface area contributed by atoms with Crippen molar-refractivity contribution in [2.24, 2.45) is 5.92 Å². The molecule has 1 fully saturated rings. The standard InChI is InChI=1S/C17H19N3O3S/c1-10-11(2)24-17(18-10)19-16(22)12-7-15(21)20(9-12)13-5-4-6-14(8-13)23-3/h4-6,8,12H,7,9H2,1-3H3,(H,18,19,22). The van der Waals surface area contributed by atoms with E-state index in [1.807, 2.05) is 32.0 Å². The Morgan fingerprint density at radius 2 is 2.21 bits per heavy atom. The Morgan fingerprint density at radius 3 is 2.88 bits per heavy atom. The van der Waals surface area contributed by atoms with Gasteiger partial charge in [-0.2, -0.15) is 0 Å². The Morgan fingerprint density at radius 1 is 1.42 bits per heavy atom. The van der Waals surface area contributed by atoms with Crippen LogP contribution in [0.3, 0.4) is 0 Å². The number of carbonyl (C=O) groups excluding carboxylic acids is 2. The molecule has 1 aliphatic heterocycles. The minimum Gasteiger partial charge on any atom is -0.497 e. The molecule has 0 saturated carbocycles. The predicted molar refractivity (Wildman–Crippen MR) is 93.7 cm³/mol. The summed E-state index contributed by atoms with van der Waals surface area (Å²) in [6, 6.07) is 7.29. The fourth-order valence-corrected chi connectivity index (χ4v) is 3.46. The molecule has 1 aromatic carbocycles. The second-order valence-electron chi connectivity index (χ2n) is 5.76. The van der Waals surface area contributed by atoms with E-state index in [2.05, 4.69) is 10.3 Å². The Balaban J connectivity index is 1.70. The number of amides is 2. The average molecular weight is 345 g/mol. The van der Waals surface area contributed by atoms with Gasteiger partial charge >= 0.3 is 0 Å². The summed E-state index contributed by atoms with van der Waals surface area (Å²) in [6.07, 6.45) is 0.201. The highest BCUT2D eigenvalue weighted by Gasteiger charge is 2.35. The quantitative estimate of drug-likeness (QED) is 0.925. The summed E-state index contributed by atoms with van der Waals surface area (Å²) >= 11 is 1.45. The van der Waals surface area contributed by atoms with Crippen molar-refractivity contribution in [3.8, 4) is 5.75 Å². The van der Waals surface area contributed by atoms with Gasteiger partial charge in [0.25, 0.3) is 0 Å². The maximum absolute atomic E-state index is 12.4. The first-order valence-corrected chi connectivity index (χ1v) is 8.49. The highest BCUT2D eigenvalue weighted by Crippen LogP contribution is 2.29. The fourth-order valence-electron chi connectivity index (χ4n) is 2.64. The minimum absolute atomic E-state index is 0.0603. The van der Waals surface area contributed by atoms with Crippen molar-refractivity contribution in [2.75, 3.05) is 23.9 Å². The number of aryl methyl sites for hydroxylation is 2. The molecule has 2 heterocycles. The summed E-state index contributed by atoms with van der Waals surface area (Å²) in [4.78, 5) is 31.7. The Kier molecular flexibility index (Phi) is 4.53. The van der Waals surface area contributed by atoms with E-state index in [0.29, 0.717) is 17.4 Å². The summed E-state index contributed by atoms with van der Waals surface area (Å²) in [5.74, 6) is 0.0764. The van der Waals surface area contributed by atoms with Crippen molar-refractivity contribution < 1.29 is 14.3 Å². The number of methoxy groups -OCH3 is 1. The molecule has 0 radical (unpaired) electrons. The molecule has 0 spiro atoms. The van der Waals surface area contributed by atoms with E-state index in [0.717, 1.165) is 16.3 Å². The molecule has 7 heteroatoms.